The summed E-state index contributed by atoms with van der Waals surface area (Å²) in [5, 5.41) is 0.668. The number of likely N-dealkylation sites (N-methyl/N-ethyl adjacent to an activating group) is 1. The standard InChI is InChI=1S/C16H12ClNO/c1-18-15-8-3-2-7-13(15)14(16(18)19)10-11-5-4-6-12(17)9-11/h2-10H,1H3. The van der Waals surface area contributed by atoms with Crippen LogP contribution in [0.25, 0.3) is 11.6 Å². The number of carbonyl (C=O) groups is 1. The molecule has 19 heavy (non-hydrogen) atoms. The van der Waals surface area contributed by atoms with Gasteiger partial charge in [-0.3, -0.25) is 4.79 Å². The molecule has 1 aliphatic heterocycles. The number of fused-ring (bicyclic) bond motifs is 1. The summed E-state index contributed by atoms with van der Waals surface area (Å²) in [5.41, 5.74) is 3.55. The molecule has 0 saturated heterocycles. The predicted molar refractivity (Wildman–Crippen MR) is 79.2 cm³/mol. The molecular weight excluding hydrogens is 258 g/mol. The van der Waals surface area contributed by atoms with Crippen molar-refractivity contribution in [3.8, 4) is 0 Å². The lowest BCUT2D eigenvalue weighted by Gasteiger charge is -2.07. The number of carbonyl (C=O) groups excluding carboxylic acids is 1. The van der Waals surface area contributed by atoms with Gasteiger partial charge in [-0.25, -0.2) is 0 Å². The topological polar surface area (TPSA) is 20.3 Å². The second-order valence-electron chi connectivity index (χ2n) is 4.49. The Morgan fingerprint density at radius 3 is 2.68 bits per heavy atom. The van der Waals surface area contributed by atoms with Gasteiger partial charge >= 0.3 is 0 Å². The molecule has 1 amide bonds. The molecule has 0 atom stereocenters. The second kappa shape index (κ2) is 4.56. The number of para-hydroxylation sites is 1. The third-order valence-corrected chi connectivity index (χ3v) is 3.49. The van der Waals surface area contributed by atoms with Crippen LogP contribution < -0.4 is 4.90 Å². The monoisotopic (exact) mass is 269 g/mol. The molecule has 3 rings (SSSR count). The first-order valence-electron chi connectivity index (χ1n) is 6.01. The quantitative estimate of drug-likeness (QED) is 0.720. The number of benzene rings is 2. The van der Waals surface area contributed by atoms with Crippen LogP contribution in [0.1, 0.15) is 11.1 Å². The molecule has 1 aliphatic rings. The number of nitrogens with zero attached hydrogens (tertiary/aromatic N) is 1. The van der Waals surface area contributed by atoms with Gasteiger partial charge in [-0.05, 0) is 29.8 Å². The molecule has 3 heteroatoms. The highest BCUT2D eigenvalue weighted by Gasteiger charge is 2.28. The van der Waals surface area contributed by atoms with Crippen molar-refractivity contribution in [3.63, 3.8) is 0 Å². The number of amides is 1. The van der Waals surface area contributed by atoms with Gasteiger partial charge in [0.15, 0.2) is 0 Å². The Bertz CT molecular complexity index is 691. The molecule has 2 aromatic rings. The van der Waals surface area contributed by atoms with E-state index in [4.69, 9.17) is 11.6 Å². The molecular formula is C16H12ClNO. The fourth-order valence-electron chi connectivity index (χ4n) is 2.30. The van der Waals surface area contributed by atoms with Gasteiger partial charge in [0.1, 0.15) is 0 Å². The summed E-state index contributed by atoms with van der Waals surface area (Å²) in [7, 11) is 1.79. The summed E-state index contributed by atoms with van der Waals surface area (Å²) in [5.74, 6) is 0.0150. The van der Waals surface area contributed by atoms with E-state index >= 15 is 0 Å². The maximum atomic E-state index is 12.3. The molecule has 0 aromatic heterocycles. The van der Waals surface area contributed by atoms with Gasteiger partial charge in [0.2, 0.25) is 0 Å². The summed E-state index contributed by atoms with van der Waals surface area (Å²) in [6, 6.07) is 15.3. The van der Waals surface area contributed by atoms with Crippen molar-refractivity contribution in [2.75, 3.05) is 11.9 Å². The van der Waals surface area contributed by atoms with Crippen LogP contribution in [-0.4, -0.2) is 13.0 Å². The van der Waals surface area contributed by atoms with Crippen molar-refractivity contribution in [3.05, 3.63) is 64.7 Å². The molecule has 0 N–H and O–H groups in total. The van der Waals surface area contributed by atoms with Crippen LogP contribution >= 0.6 is 11.6 Å². The van der Waals surface area contributed by atoms with E-state index in [1.54, 1.807) is 11.9 Å². The van der Waals surface area contributed by atoms with Gasteiger partial charge in [0.25, 0.3) is 5.91 Å². The third-order valence-electron chi connectivity index (χ3n) is 3.25. The average Bonchev–Trinajstić information content (AvgIpc) is 2.65. The zero-order valence-corrected chi connectivity index (χ0v) is 11.2. The zero-order valence-electron chi connectivity index (χ0n) is 10.4. The minimum atomic E-state index is 0.0150. The van der Waals surface area contributed by atoms with E-state index in [2.05, 4.69) is 0 Å². The molecule has 1 heterocycles. The van der Waals surface area contributed by atoms with Crippen LogP contribution in [0.3, 0.4) is 0 Å². The number of hydrogen-bond acceptors (Lipinski definition) is 1. The van der Waals surface area contributed by atoms with Crippen molar-refractivity contribution in [2.24, 2.45) is 0 Å². The van der Waals surface area contributed by atoms with E-state index in [9.17, 15) is 4.79 Å². The summed E-state index contributed by atoms with van der Waals surface area (Å²) in [6.07, 6.45) is 1.89. The maximum absolute atomic E-state index is 12.3. The summed E-state index contributed by atoms with van der Waals surface area (Å²) in [4.78, 5) is 13.9. The Labute approximate surface area is 116 Å². The van der Waals surface area contributed by atoms with E-state index in [-0.39, 0.29) is 5.91 Å². The van der Waals surface area contributed by atoms with Crippen LogP contribution in [0.4, 0.5) is 5.69 Å². The van der Waals surface area contributed by atoms with Gasteiger partial charge < -0.3 is 4.90 Å². The lowest BCUT2D eigenvalue weighted by molar-refractivity contribution is -0.112. The molecule has 2 aromatic carbocycles. The Kier molecular flexibility index (Phi) is 2.88. The molecule has 0 spiro atoms. The maximum Gasteiger partial charge on any atom is 0.258 e. The SMILES string of the molecule is CN1C(=O)C(=Cc2cccc(Cl)c2)c2ccccc21. The molecule has 0 bridgehead atoms. The Balaban J connectivity index is 2.13. The highest BCUT2D eigenvalue weighted by atomic mass is 35.5. The lowest BCUT2D eigenvalue weighted by atomic mass is 10.0. The molecule has 0 saturated carbocycles. The molecule has 0 aliphatic carbocycles. The summed E-state index contributed by atoms with van der Waals surface area (Å²) in [6.45, 7) is 0. The molecule has 0 unspecified atom stereocenters. The Hall–Kier alpha value is -2.06. The fraction of sp³-hybridized carbons (Fsp3) is 0.0625. The van der Waals surface area contributed by atoms with E-state index in [0.29, 0.717) is 10.6 Å². The predicted octanol–water partition coefficient (Wildman–Crippen LogP) is 3.86. The number of rotatable bonds is 1. The molecule has 2 nitrogen and oxygen atoms in total. The average molecular weight is 270 g/mol. The van der Waals surface area contributed by atoms with Crippen molar-refractivity contribution >= 4 is 34.8 Å². The van der Waals surface area contributed by atoms with E-state index < -0.39 is 0 Å². The Morgan fingerprint density at radius 2 is 1.89 bits per heavy atom. The number of halogens is 1. The molecule has 0 fully saturated rings. The van der Waals surface area contributed by atoms with Crippen LogP contribution in [0, 0.1) is 0 Å². The Morgan fingerprint density at radius 1 is 1.11 bits per heavy atom. The summed E-state index contributed by atoms with van der Waals surface area (Å²) < 4.78 is 0. The van der Waals surface area contributed by atoms with Crippen molar-refractivity contribution in [1.29, 1.82) is 0 Å². The second-order valence-corrected chi connectivity index (χ2v) is 4.93. The van der Waals surface area contributed by atoms with Gasteiger partial charge in [-0.15, -0.1) is 0 Å². The first kappa shape index (κ1) is 12.0. The van der Waals surface area contributed by atoms with Gasteiger partial charge in [0, 0.05) is 23.2 Å². The lowest BCUT2D eigenvalue weighted by Crippen LogP contribution is -2.20. The minimum Gasteiger partial charge on any atom is -0.311 e. The van der Waals surface area contributed by atoms with Gasteiger partial charge in [0.05, 0.1) is 5.69 Å². The minimum absolute atomic E-state index is 0.0150. The van der Waals surface area contributed by atoms with Crippen molar-refractivity contribution < 1.29 is 4.79 Å². The fourth-order valence-corrected chi connectivity index (χ4v) is 2.50. The van der Waals surface area contributed by atoms with Crippen molar-refractivity contribution in [1.82, 2.24) is 0 Å². The van der Waals surface area contributed by atoms with E-state index in [1.165, 1.54) is 0 Å². The van der Waals surface area contributed by atoms with Crippen LogP contribution in [-0.2, 0) is 4.79 Å². The first-order valence-corrected chi connectivity index (χ1v) is 6.39. The van der Waals surface area contributed by atoms with E-state index in [1.807, 2.05) is 54.6 Å². The van der Waals surface area contributed by atoms with Gasteiger partial charge in [-0.1, -0.05) is 41.9 Å². The number of hydrogen-bond donors (Lipinski definition) is 0. The molecule has 0 radical (unpaired) electrons. The highest BCUT2D eigenvalue weighted by molar-refractivity contribution is 6.35. The first-order chi connectivity index (χ1) is 9.16. The smallest absolute Gasteiger partial charge is 0.258 e. The summed E-state index contributed by atoms with van der Waals surface area (Å²) >= 11 is 5.97. The highest BCUT2D eigenvalue weighted by Crippen LogP contribution is 2.36. The van der Waals surface area contributed by atoms with Crippen LogP contribution in [0.5, 0.6) is 0 Å². The normalized spacial score (nSPS) is 16.0. The van der Waals surface area contributed by atoms with Crippen LogP contribution in [0.2, 0.25) is 5.02 Å². The van der Waals surface area contributed by atoms with E-state index in [0.717, 1.165) is 16.8 Å². The number of anilines is 1. The third kappa shape index (κ3) is 2.04. The van der Waals surface area contributed by atoms with Crippen molar-refractivity contribution in [2.45, 2.75) is 0 Å². The zero-order chi connectivity index (χ0) is 13.4. The van der Waals surface area contributed by atoms with Crippen LogP contribution in [0.15, 0.2) is 48.5 Å². The molecule has 94 valence electrons. The van der Waals surface area contributed by atoms with Gasteiger partial charge in [-0.2, -0.15) is 0 Å². The largest absolute Gasteiger partial charge is 0.311 e.